The van der Waals surface area contributed by atoms with Gasteiger partial charge in [-0.15, -0.1) is 0 Å². The molecule has 0 saturated heterocycles. The van der Waals surface area contributed by atoms with Crippen LogP contribution in [0, 0.1) is 11.8 Å². The van der Waals surface area contributed by atoms with Crippen molar-refractivity contribution in [2.24, 2.45) is 5.73 Å². The summed E-state index contributed by atoms with van der Waals surface area (Å²) in [5, 5.41) is 3.60. The molecule has 4 nitrogen and oxygen atoms in total. The number of carbonyl (C=O) groups is 1. The summed E-state index contributed by atoms with van der Waals surface area (Å²) in [7, 11) is 0. The summed E-state index contributed by atoms with van der Waals surface area (Å²) in [5.74, 6) is 5.54. The second-order valence-electron chi connectivity index (χ2n) is 4.72. The van der Waals surface area contributed by atoms with Crippen LogP contribution in [0.2, 0.25) is 0 Å². The topological polar surface area (TPSA) is 68.0 Å². The fourth-order valence-corrected chi connectivity index (χ4v) is 3.31. The minimum atomic E-state index is -0.103. The van der Waals surface area contributed by atoms with E-state index in [2.05, 4.69) is 28.4 Å². The van der Waals surface area contributed by atoms with E-state index in [0.717, 1.165) is 12.0 Å². The third-order valence-corrected chi connectivity index (χ3v) is 4.57. The molecule has 1 amide bonds. The highest BCUT2D eigenvalue weighted by atomic mass is 32.2. The molecule has 2 rings (SSSR count). The van der Waals surface area contributed by atoms with Gasteiger partial charge in [0.25, 0.3) is 5.91 Å². The monoisotopic (exact) mass is 289 g/mol. The minimum Gasteiger partial charge on any atom is -0.347 e. The zero-order valence-corrected chi connectivity index (χ0v) is 12.4. The van der Waals surface area contributed by atoms with E-state index in [1.807, 2.05) is 11.8 Å². The third kappa shape index (κ3) is 3.75. The number of amides is 1. The number of thioether (sulfide) groups is 1. The molecule has 0 radical (unpaired) electrons. The zero-order chi connectivity index (χ0) is 14.4. The number of pyridine rings is 1. The standard InChI is InChI=1S/C15H19N3OS/c1-20-14-6-2-5-12(14)18-15(19)13-8-7-11(10-17-13)4-3-9-16/h7-8,10,12,14H,2,5-6,9,16H2,1H3,(H,18,19). The smallest absolute Gasteiger partial charge is 0.270 e. The molecule has 3 N–H and O–H groups in total. The summed E-state index contributed by atoms with van der Waals surface area (Å²) >= 11 is 1.82. The van der Waals surface area contributed by atoms with Gasteiger partial charge < -0.3 is 11.1 Å². The summed E-state index contributed by atoms with van der Waals surface area (Å²) in [5.41, 5.74) is 6.52. The Morgan fingerprint density at radius 2 is 2.40 bits per heavy atom. The number of carbonyl (C=O) groups excluding carboxylic acids is 1. The normalized spacial score (nSPS) is 21.1. The number of aromatic nitrogens is 1. The van der Waals surface area contributed by atoms with Crippen LogP contribution in [0.5, 0.6) is 0 Å². The van der Waals surface area contributed by atoms with Gasteiger partial charge in [0.15, 0.2) is 0 Å². The summed E-state index contributed by atoms with van der Waals surface area (Å²) in [6.07, 6.45) is 7.11. The fraction of sp³-hybridized carbons (Fsp3) is 0.467. The van der Waals surface area contributed by atoms with E-state index < -0.39 is 0 Å². The predicted molar refractivity (Wildman–Crippen MR) is 82.6 cm³/mol. The van der Waals surface area contributed by atoms with Crippen LogP contribution in [0.4, 0.5) is 0 Å². The molecule has 0 aliphatic heterocycles. The number of nitrogens with zero attached hydrogens (tertiary/aromatic N) is 1. The van der Waals surface area contributed by atoms with Gasteiger partial charge in [0.1, 0.15) is 5.69 Å². The first-order valence-corrected chi connectivity index (χ1v) is 8.02. The van der Waals surface area contributed by atoms with Gasteiger partial charge in [-0.1, -0.05) is 18.3 Å². The Balaban J connectivity index is 1.98. The molecule has 1 aliphatic rings. The van der Waals surface area contributed by atoms with E-state index in [-0.39, 0.29) is 11.9 Å². The van der Waals surface area contributed by atoms with E-state index in [0.29, 0.717) is 17.5 Å². The number of nitrogens with one attached hydrogen (secondary N) is 1. The van der Waals surface area contributed by atoms with Crippen molar-refractivity contribution in [3.8, 4) is 11.8 Å². The van der Waals surface area contributed by atoms with Crippen LogP contribution in [0.1, 0.15) is 35.3 Å². The van der Waals surface area contributed by atoms with Gasteiger partial charge in [0.2, 0.25) is 0 Å². The average Bonchev–Trinajstić information content (AvgIpc) is 2.92. The van der Waals surface area contributed by atoms with Crippen molar-refractivity contribution in [1.29, 1.82) is 0 Å². The Morgan fingerprint density at radius 1 is 1.55 bits per heavy atom. The molecule has 0 aromatic carbocycles. The molecule has 0 bridgehead atoms. The molecule has 1 fully saturated rings. The highest BCUT2D eigenvalue weighted by molar-refractivity contribution is 7.99. The Bertz CT molecular complexity index is 518. The highest BCUT2D eigenvalue weighted by Gasteiger charge is 2.28. The SMILES string of the molecule is CSC1CCCC1NC(=O)c1ccc(C#CCN)cn1. The first-order chi connectivity index (χ1) is 9.74. The van der Waals surface area contributed by atoms with Crippen molar-refractivity contribution in [1.82, 2.24) is 10.3 Å². The summed E-state index contributed by atoms with van der Waals surface area (Å²) in [6.45, 7) is 0.319. The molecule has 20 heavy (non-hydrogen) atoms. The van der Waals surface area contributed by atoms with Crippen LogP contribution < -0.4 is 11.1 Å². The zero-order valence-electron chi connectivity index (χ0n) is 11.6. The van der Waals surface area contributed by atoms with Crippen molar-refractivity contribution in [3.05, 3.63) is 29.6 Å². The molecule has 2 unspecified atom stereocenters. The molecule has 0 spiro atoms. The van der Waals surface area contributed by atoms with Crippen molar-refractivity contribution in [3.63, 3.8) is 0 Å². The van der Waals surface area contributed by atoms with Crippen LogP contribution in [-0.2, 0) is 0 Å². The van der Waals surface area contributed by atoms with E-state index >= 15 is 0 Å². The molecular formula is C15H19N3OS. The van der Waals surface area contributed by atoms with Gasteiger partial charge in [-0.2, -0.15) is 11.8 Å². The lowest BCUT2D eigenvalue weighted by molar-refractivity contribution is 0.0933. The fourth-order valence-electron chi connectivity index (χ4n) is 2.37. The van der Waals surface area contributed by atoms with Gasteiger partial charge in [-0.25, -0.2) is 4.98 Å². The molecule has 1 aromatic heterocycles. The molecule has 106 valence electrons. The second-order valence-corrected chi connectivity index (χ2v) is 5.80. The van der Waals surface area contributed by atoms with Crippen molar-refractivity contribution < 1.29 is 4.79 Å². The van der Waals surface area contributed by atoms with Gasteiger partial charge in [-0.3, -0.25) is 4.79 Å². The number of hydrogen-bond acceptors (Lipinski definition) is 4. The Morgan fingerprint density at radius 3 is 3.05 bits per heavy atom. The average molecular weight is 289 g/mol. The molecule has 1 aromatic rings. The largest absolute Gasteiger partial charge is 0.347 e. The maximum atomic E-state index is 12.1. The van der Waals surface area contributed by atoms with Crippen molar-refractivity contribution in [2.45, 2.75) is 30.6 Å². The number of hydrogen-bond donors (Lipinski definition) is 2. The first-order valence-electron chi connectivity index (χ1n) is 6.73. The first kappa shape index (κ1) is 14.9. The number of nitrogens with two attached hydrogens (primary N) is 1. The molecule has 2 atom stereocenters. The Hall–Kier alpha value is -1.51. The maximum absolute atomic E-state index is 12.1. The maximum Gasteiger partial charge on any atom is 0.270 e. The van der Waals surface area contributed by atoms with E-state index in [1.165, 1.54) is 12.8 Å². The lowest BCUT2D eigenvalue weighted by Crippen LogP contribution is -2.38. The van der Waals surface area contributed by atoms with Crippen molar-refractivity contribution in [2.75, 3.05) is 12.8 Å². The molecular weight excluding hydrogens is 270 g/mol. The van der Waals surface area contributed by atoms with Crippen LogP contribution in [-0.4, -0.2) is 35.0 Å². The van der Waals surface area contributed by atoms with E-state index in [4.69, 9.17) is 5.73 Å². The molecule has 1 saturated carbocycles. The van der Waals surface area contributed by atoms with Crippen LogP contribution in [0.15, 0.2) is 18.3 Å². The van der Waals surface area contributed by atoms with Crippen molar-refractivity contribution >= 4 is 17.7 Å². The summed E-state index contributed by atoms with van der Waals surface area (Å²) < 4.78 is 0. The Kier molecular flexibility index (Phi) is 5.45. The Labute approximate surface area is 123 Å². The van der Waals surface area contributed by atoms with E-state index in [1.54, 1.807) is 18.3 Å². The van der Waals surface area contributed by atoms with Gasteiger partial charge in [-0.05, 0) is 31.2 Å². The molecule has 1 heterocycles. The molecule has 5 heteroatoms. The van der Waals surface area contributed by atoms with E-state index in [9.17, 15) is 4.79 Å². The lowest BCUT2D eigenvalue weighted by atomic mass is 10.2. The molecule has 1 aliphatic carbocycles. The highest BCUT2D eigenvalue weighted by Crippen LogP contribution is 2.28. The lowest BCUT2D eigenvalue weighted by Gasteiger charge is -2.18. The van der Waals surface area contributed by atoms with Crippen LogP contribution in [0.25, 0.3) is 0 Å². The second kappa shape index (κ2) is 7.32. The van der Waals surface area contributed by atoms with Crippen LogP contribution >= 0.6 is 11.8 Å². The quantitative estimate of drug-likeness (QED) is 0.826. The predicted octanol–water partition coefficient (Wildman–Crippen LogP) is 1.41. The summed E-state index contributed by atoms with van der Waals surface area (Å²) in [6, 6.07) is 3.76. The number of rotatable bonds is 3. The van der Waals surface area contributed by atoms with Gasteiger partial charge >= 0.3 is 0 Å². The third-order valence-electron chi connectivity index (χ3n) is 3.40. The minimum absolute atomic E-state index is 0.103. The summed E-state index contributed by atoms with van der Waals surface area (Å²) in [4.78, 5) is 16.3. The van der Waals surface area contributed by atoms with Gasteiger partial charge in [0.05, 0.1) is 6.54 Å². The van der Waals surface area contributed by atoms with Crippen LogP contribution in [0.3, 0.4) is 0 Å². The van der Waals surface area contributed by atoms with Gasteiger partial charge in [0, 0.05) is 23.1 Å².